The Balaban J connectivity index is 2.80. The first-order valence-corrected chi connectivity index (χ1v) is 5.30. The van der Waals surface area contributed by atoms with Gasteiger partial charge in [0.25, 0.3) is 0 Å². The van der Waals surface area contributed by atoms with E-state index in [0.29, 0.717) is 12.2 Å². The van der Waals surface area contributed by atoms with E-state index in [1.165, 1.54) is 0 Å². The maximum absolute atomic E-state index is 11.8. The van der Waals surface area contributed by atoms with E-state index in [1.807, 2.05) is 26.0 Å². The summed E-state index contributed by atoms with van der Waals surface area (Å²) < 4.78 is 4.74. The second kappa shape index (κ2) is 5.45. The van der Waals surface area contributed by atoms with Gasteiger partial charge in [-0.2, -0.15) is 0 Å². The maximum Gasteiger partial charge on any atom is 0.313 e. The summed E-state index contributed by atoms with van der Waals surface area (Å²) in [5.74, 6) is -0.645. The molecule has 1 aromatic rings. The molecule has 0 fully saturated rings. The number of benzene rings is 1. The molecular weight excluding hydrogens is 204 g/mol. The van der Waals surface area contributed by atoms with Crippen molar-refractivity contribution in [1.29, 1.82) is 0 Å². The molecule has 0 radical (unpaired) electrons. The smallest absolute Gasteiger partial charge is 0.313 e. The van der Waals surface area contributed by atoms with Gasteiger partial charge >= 0.3 is 5.97 Å². The normalized spacial score (nSPS) is 9.94. The molecule has 0 bridgehead atoms. The monoisotopic (exact) mass is 220 g/mol. The van der Waals surface area contributed by atoms with Crippen LogP contribution in [-0.2, 0) is 9.53 Å². The average Bonchev–Trinajstić information content (AvgIpc) is 2.21. The highest BCUT2D eigenvalue weighted by Gasteiger charge is 2.14. The highest BCUT2D eigenvalue weighted by atomic mass is 16.5. The van der Waals surface area contributed by atoms with Crippen LogP contribution in [0.3, 0.4) is 0 Å². The number of carbonyl (C=O) groups excluding carboxylic acids is 2. The van der Waals surface area contributed by atoms with Crippen molar-refractivity contribution in [3.63, 3.8) is 0 Å². The second-order valence-electron chi connectivity index (χ2n) is 3.72. The first-order valence-electron chi connectivity index (χ1n) is 5.30. The fourth-order valence-electron chi connectivity index (χ4n) is 1.47. The lowest BCUT2D eigenvalue weighted by Crippen LogP contribution is -2.12. The van der Waals surface area contributed by atoms with E-state index in [1.54, 1.807) is 13.0 Å². The van der Waals surface area contributed by atoms with Crippen LogP contribution in [0.1, 0.15) is 34.8 Å². The first kappa shape index (κ1) is 12.4. The SMILES string of the molecule is CCOC(=O)CC(=O)c1cc(C)ccc1C. The minimum Gasteiger partial charge on any atom is -0.466 e. The van der Waals surface area contributed by atoms with Crippen molar-refractivity contribution >= 4 is 11.8 Å². The number of aryl methyl sites for hydroxylation is 2. The molecule has 1 rings (SSSR count). The minimum absolute atomic E-state index is 0.181. The number of hydrogen-bond acceptors (Lipinski definition) is 3. The predicted molar refractivity (Wildman–Crippen MR) is 61.5 cm³/mol. The van der Waals surface area contributed by atoms with Gasteiger partial charge in [-0.25, -0.2) is 0 Å². The van der Waals surface area contributed by atoms with Crippen LogP contribution in [0, 0.1) is 13.8 Å². The number of ether oxygens (including phenoxy) is 1. The molecule has 0 N–H and O–H groups in total. The summed E-state index contributed by atoms with van der Waals surface area (Å²) in [4.78, 5) is 23.0. The third-order valence-electron chi connectivity index (χ3n) is 2.30. The lowest BCUT2D eigenvalue weighted by molar-refractivity contribution is -0.141. The zero-order valence-electron chi connectivity index (χ0n) is 9.87. The molecule has 0 heterocycles. The van der Waals surface area contributed by atoms with Gasteiger partial charge in [-0.3, -0.25) is 9.59 Å². The van der Waals surface area contributed by atoms with E-state index in [0.717, 1.165) is 11.1 Å². The van der Waals surface area contributed by atoms with Gasteiger partial charge in [-0.05, 0) is 32.4 Å². The quantitative estimate of drug-likeness (QED) is 0.444. The van der Waals surface area contributed by atoms with Gasteiger partial charge in [0.05, 0.1) is 6.61 Å². The van der Waals surface area contributed by atoms with Crippen molar-refractivity contribution in [3.05, 3.63) is 34.9 Å². The van der Waals surface area contributed by atoms with Crippen LogP contribution in [0.25, 0.3) is 0 Å². The highest BCUT2D eigenvalue weighted by Crippen LogP contribution is 2.13. The molecule has 0 spiro atoms. The predicted octanol–water partition coefficient (Wildman–Crippen LogP) is 2.44. The molecule has 0 aromatic heterocycles. The Kier molecular flexibility index (Phi) is 4.23. The Morgan fingerprint density at radius 1 is 1.25 bits per heavy atom. The van der Waals surface area contributed by atoms with Crippen LogP contribution < -0.4 is 0 Å². The third-order valence-corrected chi connectivity index (χ3v) is 2.30. The van der Waals surface area contributed by atoms with E-state index >= 15 is 0 Å². The standard InChI is InChI=1S/C13H16O3/c1-4-16-13(15)8-12(14)11-7-9(2)5-6-10(11)3/h5-7H,4,8H2,1-3H3. The molecule has 0 aliphatic heterocycles. The molecule has 0 aliphatic rings. The van der Waals surface area contributed by atoms with Crippen molar-refractivity contribution in [2.75, 3.05) is 6.61 Å². The second-order valence-corrected chi connectivity index (χ2v) is 3.72. The largest absolute Gasteiger partial charge is 0.466 e. The van der Waals surface area contributed by atoms with Gasteiger partial charge in [-0.15, -0.1) is 0 Å². The lowest BCUT2D eigenvalue weighted by atomic mass is 10.0. The van der Waals surface area contributed by atoms with Crippen LogP contribution in [-0.4, -0.2) is 18.4 Å². The number of Topliss-reactive ketones (excluding diaryl/α,β-unsaturated/α-hetero) is 1. The highest BCUT2D eigenvalue weighted by molar-refractivity contribution is 6.06. The zero-order valence-corrected chi connectivity index (χ0v) is 9.87. The summed E-state index contributed by atoms with van der Waals surface area (Å²) >= 11 is 0. The summed E-state index contributed by atoms with van der Waals surface area (Å²) in [5, 5.41) is 0. The number of esters is 1. The van der Waals surface area contributed by atoms with Crippen molar-refractivity contribution in [2.45, 2.75) is 27.2 Å². The van der Waals surface area contributed by atoms with E-state index in [-0.39, 0.29) is 12.2 Å². The van der Waals surface area contributed by atoms with Crippen molar-refractivity contribution in [3.8, 4) is 0 Å². The minimum atomic E-state index is -0.464. The molecule has 16 heavy (non-hydrogen) atoms. The van der Waals surface area contributed by atoms with E-state index in [2.05, 4.69) is 0 Å². The molecule has 0 aliphatic carbocycles. The topological polar surface area (TPSA) is 43.4 Å². The van der Waals surface area contributed by atoms with Crippen molar-refractivity contribution in [2.24, 2.45) is 0 Å². The molecule has 1 aromatic carbocycles. The lowest BCUT2D eigenvalue weighted by Gasteiger charge is -2.05. The average molecular weight is 220 g/mol. The Bertz CT molecular complexity index is 408. The Labute approximate surface area is 95.4 Å². The number of hydrogen-bond donors (Lipinski definition) is 0. The molecular formula is C13H16O3. The van der Waals surface area contributed by atoms with Gasteiger partial charge < -0.3 is 4.74 Å². The van der Waals surface area contributed by atoms with Gasteiger partial charge in [0.1, 0.15) is 6.42 Å². The Morgan fingerprint density at radius 3 is 2.56 bits per heavy atom. The van der Waals surface area contributed by atoms with Crippen LogP contribution in [0.2, 0.25) is 0 Å². The third kappa shape index (κ3) is 3.19. The number of ketones is 1. The van der Waals surface area contributed by atoms with Crippen molar-refractivity contribution in [1.82, 2.24) is 0 Å². The Morgan fingerprint density at radius 2 is 1.94 bits per heavy atom. The van der Waals surface area contributed by atoms with E-state index < -0.39 is 5.97 Å². The molecule has 86 valence electrons. The molecule has 3 heteroatoms. The number of rotatable bonds is 4. The van der Waals surface area contributed by atoms with Crippen LogP contribution in [0.5, 0.6) is 0 Å². The van der Waals surface area contributed by atoms with Crippen LogP contribution in [0.4, 0.5) is 0 Å². The zero-order chi connectivity index (χ0) is 12.1. The van der Waals surface area contributed by atoms with Crippen LogP contribution >= 0.6 is 0 Å². The fraction of sp³-hybridized carbons (Fsp3) is 0.385. The molecule has 0 saturated heterocycles. The summed E-state index contributed by atoms with van der Waals surface area (Å²) in [6.07, 6.45) is -0.182. The molecule has 0 atom stereocenters. The molecule has 0 amide bonds. The Hall–Kier alpha value is -1.64. The van der Waals surface area contributed by atoms with Gasteiger partial charge in [0.15, 0.2) is 5.78 Å². The van der Waals surface area contributed by atoms with E-state index in [9.17, 15) is 9.59 Å². The van der Waals surface area contributed by atoms with Crippen LogP contribution in [0.15, 0.2) is 18.2 Å². The first-order chi connectivity index (χ1) is 7.54. The van der Waals surface area contributed by atoms with Crippen molar-refractivity contribution < 1.29 is 14.3 Å². The molecule has 0 unspecified atom stereocenters. The molecule has 0 saturated carbocycles. The summed E-state index contributed by atoms with van der Waals surface area (Å²) in [6, 6.07) is 5.63. The fourth-order valence-corrected chi connectivity index (χ4v) is 1.47. The summed E-state index contributed by atoms with van der Waals surface area (Å²) in [5.41, 5.74) is 2.51. The maximum atomic E-state index is 11.8. The number of carbonyl (C=O) groups is 2. The summed E-state index contributed by atoms with van der Waals surface area (Å²) in [7, 11) is 0. The van der Waals surface area contributed by atoms with Gasteiger partial charge in [0, 0.05) is 5.56 Å². The summed E-state index contributed by atoms with van der Waals surface area (Å²) in [6.45, 7) is 5.80. The van der Waals surface area contributed by atoms with Gasteiger partial charge in [0.2, 0.25) is 0 Å². The molecule has 3 nitrogen and oxygen atoms in total. The van der Waals surface area contributed by atoms with Gasteiger partial charge in [-0.1, -0.05) is 17.7 Å². The van der Waals surface area contributed by atoms with E-state index in [4.69, 9.17) is 4.74 Å².